The van der Waals surface area contributed by atoms with Crippen LogP contribution in [0.15, 0.2) is 53.7 Å². The first kappa shape index (κ1) is 14.5. The molecule has 0 heterocycles. The SMILES string of the molecule is C/C(=N\O)c1ccc(OCc2ccc([N+](=O)[O-])cc2)cc1. The molecule has 0 saturated carbocycles. The fourth-order valence-electron chi connectivity index (χ4n) is 1.73. The lowest BCUT2D eigenvalue weighted by atomic mass is 10.1. The Hall–Kier alpha value is -2.89. The predicted octanol–water partition coefficient (Wildman–Crippen LogP) is 3.37. The molecule has 0 atom stereocenters. The van der Waals surface area contributed by atoms with Gasteiger partial charge in [-0.1, -0.05) is 5.16 Å². The number of hydrogen-bond donors (Lipinski definition) is 1. The van der Waals surface area contributed by atoms with Crippen molar-refractivity contribution in [1.82, 2.24) is 0 Å². The van der Waals surface area contributed by atoms with Gasteiger partial charge in [0.05, 0.1) is 10.6 Å². The van der Waals surface area contributed by atoms with Crippen molar-refractivity contribution in [3.63, 3.8) is 0 Å². The van der Waals surface area contributed by atoms with Crippen LogP contribution in [0.3, 0.4) is 0 Å². The summed E-state index contributed by atoms with van der Waals surface area (Å²) in [6, 6.07) is 13.3. The van der Waals surface area contributed by atoms with Crippen molar-refractivity contribution in [2.75, 3.05) is 0 Å². The van der Waals surface area contributed by atoms with Gasteiger partial charge in [0.2, 0.25) is 0 Å². The van der Waals surface area contributed by atoms with Gasteiger partial charge in [-0.25, -0.2) is 0 Å². The highest BCUT2D eigenvalue weighted by atomic mass is 16.6. The highest BCUT2D eigenvalue weighted by molar-refractivity contribution is 5.98. The van der Waals surface area contributed by atoms with Gasteiger partial charge in [-0.2, -0.15) is 0 Å². The van der Waals surface area contributed by atoms with Gasteiger partial charge in [-0.3, -0.25) is 10.1 Å². The van der Waals surface area contributed by atoms with Crippen LogP contribution in [-0.4, -0.2) is 15.8 Å². The molecule has 108 valence electrons. The Morgan fingerprint density at radius 1 is 1.19 bits per heavy atom. The summed E-state index contributed by atoms with van der Waals surface area (Å²) < 4.78 is 5.59. The number of rotatable bonds is 5. The number of oxime groups is 1. The lowest BCUT2D eigenvalue weighted by Gasteiger charge is -2.07. The third-order valence-electron chi connectivity index (χ3n) is 2.97. The summed E-state index contributed by atoms with van der Waals surface area (Å²) in [7, 11) is 0. The molecule has 0 radical (unpaired) electrons. The second-order valence-electron chi connectivity index (χ2n) is 4.42. The van der Waals surface area contributed by atoms with E-state index in [0.29, 0.717) is 18.1 Å². The molecule has 2 aromatic rings. The Morgan fingerprint density at radius 2 is 1.81 bits per heavy atom. The van der Waals surface area contributed by atoms with Crippen LogP contribution in [0.25, 0.3) is 0 Å². The van der Waals surface area contributed by atoms with E-state index in [1.54, 1.807) is 43.3 Å². The highest BCUT2D eigenvalue weighted by Crippen LogP contribution is 2.16. The summed E-state index contributed by atoms with van der Waals surface area (Å²) in [6.07, 6.45) is 0. The van der Waals surface area contributed by atoms with Gasteiger partial charge in [0, 0.05) is 12.1 Å². The fourth-order valence-corrected chi connectivity index (χ4v) is 1.73. The third kappa shape index (κ3) is 3.79. The summed E-state index contributed by atoms with van der Waals surface area (Å²) in [5.41, 5.74) is 2.23. The van der Waals surface area contributed by atoms with E-state index in [-0.39, 0.29) is 5.69 Å². The van der Waals surface area contributed by atoms with Gasteiger partial charge in [0.1, 0.15) is 12.4 Å². The zero-order valence-corrected chi connectivity index (χ0v) is 11.4. The summed E-state index contributed by atoms with van der Waals surface area (Å²) in [5.74, 6) is 0.669. The van der Waals surface area contributed by atoms with Crippen molar-refractivity contribution in [1.29, 1.82) is 0 Å². The van der Waals surface area contributed by atoms with Crippen LogP contribution in [0.1, 0.15) is 18.1 Å². The van der Waals surface area contributed by atoms with Crippen LogP contribution in [0.2, 0.25) is 0 Å². The summed E-state index contributed by atoms with van der Waals surface area (Å²) in [6.45, 7) is 2.02. The number of ether oxygens (including phenoxy) is 1. The maximum absolute atomic E-state index is 10.6. The Morgan fingerprint density at radius 3 is 2.33 bits per heavy atom. The molecule has 6 heteroatoms. The van der Waals surface area contributed by atoms with Crippen molar-refractivity contribution in [2.45, 2.75) is 13.5 Å². The van der Waals surface area contributed by atoms with E-state index >= 15 is 0 Å². The molecule has 6 nitrogen and oxygen atoms in total. The molecule has 2 rings (SSSR count). The standard InChI is InChI=1S/C15H14N2O4/c1-11(16-18)13-4-8-15(9-5-13)21-10-12-2-6-14(7-3-12)17(19)20/h2-9,18H,10H2,1H3/b16-11+. The van der Waals surface area contributed by atoms with E-state index in [4.69, 9.17) is 9.94 Å². The van der Waals surface area contributed by atoms with E-state index in [0.717, 1.165) is 11.1 Å². The van der Waals surface area contributed by atoms with Gasteiger partial charge in [0.15, 0.2) is 0 Å². The summed E-state index contributed by atoms with van der Waals surface area (Å²) >= 11 is 0. The minimum atomic E-state index is -0.436. The quantitative estimate of drug-likeness (QED) is 0.395. The van der Waals surface area contributed by atoms with E-state index in [9.17, 15) is 10.1 Å². The molecule has 1 N–H and O–H groups in total. The van der Waals surface area contributed by atoms with Gasteiger partial charge in [0.25, 0.3) is 5.69 Å². The lowest BCUT2D eigenvalue weighted by Crippen LogP contribution is -1.97. The molecule has 0 saturated heterocycles. The molecule has 0 aliphatic carbocycles. The van der Waals surface area contributed by atoms with E-state index < -0.39 is 4.92 Å². The van der Waals surface area contributed by atoms with E-state index in [1.165, 1.54) is 12.1 Å². The van der Waals surface area contributed by atoms with Crippen LogP contribution in [0, 0.1) is 10.1 Å². The van der Waals surface area contributed by atoms with Crippen LogP contribution in [0.4, 0.5) is 5.69 Å². The average molecular weight is 286 g/mol. The van der Waals surface area contributed by atoms with E-state index in [2.05, 4.69) is 5.16 Å². The molecule has 0 fully saturated rings. The molecule has 0 amide bonds. The second-order valence-corrected chi connectivity index (χ2v) is 4.42. The summed E-state index contributed by atoms with van der Waals surface area (Å²) in [4.78, 5) is 10.1. The van der Waals surface area contributed by atoms with Crippen molar-refractivity contribution in [2.24, 2.45) is 5.16 Å². The molecule has 0 aromatic heterocycles. The Kier molecular flexibility index (Phi) is 4.50. The average Bonchev–Trinajstić information content (AvgIpc) is 2.53. The molecular weight excluding hydrogens is 272 g/mol. The number of nitrogens with zero attached hydrogens (tertiary/aromatic N) is 2. The highest BCUT2D eigenvalue weighted by Gasteiger charge is 2.04. The predicted molar refractivity (Wildman–Crippen MR) is 77.9 cm³/mol. The first-order valence-corrected chi connectivity index (χ1v) is 6.25. The van der Waals surface area contributed by atoms with Gasteiger partial charge in [-0.05, 0) is 54.4 Å². The van der Waals surface area contributed by atoms with Crippen molar-refractivity contribution >= 4 is 11.4 Å². The van der Waals surface area contributed by atoms with Crippen molar-refractivity contribution in [3.8, 4) is 5.75 Å². The Balaban J connectivity index is 1.98. The topological polar surface area (TPSA) is 85.0 Å². The molecule has 0 bridgehead atoms. The molecule has 0 aliphatic rings. The van der Waals surface area contributed by atoms with Crippen LogP contribution >= 0.6 is 0 Å². The van der Waals surface area contributed by atoms with Gasteiger partial charge >= 0.3 is 0 Å². The Bertz CT molecular complexity index is 648. The maximum atomic E-state index is 10.6. The maximum Gasteiger partial charge on any atom is 0.269 e. The van der Waals surface area contributed by atoms with Gasteiger partial charge < -0.3 is 9.94 Å². The number of non-ortho nitro benzene ring substituents is 1. The molecule has 2 aromatic carbocycles. The number of benzene rings is 2. The molecule has 0 aliphatic heterocycles. The Labute approximate surface area is 121 Å². The zero-order valence-electron chi connectivity index (χ0n) is 11.4. The largest absolute Gasteiger partial charge is 0.489 e. The number of nitro benzene ring substituents is 1. The van der Waals surface area contributed by atoms with Crippen LogP contribution < -0.4 is 4.74 Å². The fraction of sp³-hybridized carbons (Fsp3) is 0.133. The zero-order chi connectivity index (χ0) is 15.2. The van der Waals surface area contributed by atoms with Gasteiger partial charge in [-0.15, -0.1) is 0 Å². The number of hydrogen-bond acceptors (Lipinski definition) is 5. The third-order valence-corrected chi connectivity index (χ3v) is 2.97. The second kappa shape index (κ2) is 6.51. The molecule has 21 heavy (non-hydrogen) atoms. The van der Waals surface area contributed by atoms with E-state index in [1.807, 2.05) is 0 Å². The first-order chi connectivity index (χ1) is 10.1. The first-order valence-electron chi connectivity index (χ1n) is 6.25. The molecular formula is C15H14N2O4. The normalized spacial score (nSPS) is 11.2. The van der Waals surface area contributed by atoms with Crippen molar-refractivity contribution < 1.29 is 14.9 Å². The molecule has 0 spiro atoms. The smallest absolute Gasteiger partial charge is 0.269 e. The number of nitro groups is 1. The van der Waals surface area contributed by atoms with Crippen molar-refractivity contribution in [3.05, 3.63) is 69.8 Å². The molecule has 0 unspecified atom stereocenters. The summed E-state index contributed by atoms with van der Waals surface area (Å²) in [5, 5.41) is 22.4. The van der Waals surface area contributed by atoms with Crippen LogP contribution in [-0.2, 0) is 6.61 Å². The minimum Gasteiger partial charge on any atom is -0.489 e. The van der Waals surface area contributed by atoms with Crippen LogP contribution in [0.5, 0.6) is 5.75 Å². The lowest BCUT2D eigenvalue weighted by molar-refractivity contribution is -0.384. The minimum absolute atomic E-state index is 0.0573. The monoisotopic (exact) mass is 286 g/mol.